The predicted molar refractivity (Wildman–Crippen MR) is 185 cm³/mol. The average molecular weight is 702 g/mol. The maximum absolute atomic E-state index is 13.0. The zero-order valence-electron chi connectivity index (χ0n) is 27.0. The number of pyridine rings is 2. The smallest absolute Gasteiger partial charge is 0.542 e. The molecule has 1 fully saturated rings. The number of methoxy groups -OCH3 is 1. The third-order valence-electron chi connectivity index (χ3n) is 9.54. The number of halogens is 1. The molecule has 2 aromatic carbocycles. The number of likely N-dealkylation sites (tertiary alicyclic amines) is 1. The number of hydrogen-bond donors (Lipinski definition) is 1. The van der Waals surface area contributed by atoms with E-state index in [2.05, 4.69) is 26.4 Å². The molecule has 2 aliphatic rings. The zero-order valence-corrected chi connectivity index (χ0v) is 29.0. The Morgan fingerprint density at radius 1 is 1.15 bits per heavy atom. The summed E-state index contributed by atoms with van der Waals surface area (Å²) in [5, 5.41) is 9.34. The quantitative estimate of drug-likeness (QED) is 0.131. The van der Waals surface area contributed by atoms with Gasteiger partial charge in [-0.05, 0) is 61.2 Å². The first kappa shape index (κ1) is 33.8. The van der Waals surface area contributed by atoms with Gasteiger partial charge in [0.15, 0.2) is 0 Å². The maximum Gasteiger partial charge on any atom is 2.00 e. The molecule has 48 heavy (non-hydrogen) atoms. The molecule has 7 rings (SSSR count). The van der Waals surface area contributed by atoms with Crippen LogP contribution in [0.5, 0.6) is 5.88 Å². The van der Waals surface area contributed by atoms with E-state index in [4.69, 9.17) is 21.3 Å². The summed E-state index contributed by atoms with van der Waals surface area (Å²) in [5.74, 6) is 2.53. The minimum atomic E-state index is -0.219. The second kappa shape index (κ2) is 14.2. The molecule has 1 aliphatic heterocycles. The van der Waals surface area contributed by atoms with Crippen molar-refractivity contribution >= 4 is 40.2 Å². The molecule has 0 saturated carbocycles. The molecule has 1 N–H and O–H groups in total. The predicted octanol–water partition coefficient (Wildman–Crippen LogP) is 6.93. The van der Waals surface area contributed by atoms with E-state index in [0.717, 1.165) is 83.4 Å². The van der Waals surface area contributed by atoms with E-state index in [1.165, 1.54) is 16.2 Å². The van der Waals surface area contributed by atoms with E-state index in [9.17, 15) is 9.59 Å². The Kier molecular flexibility index (Phi) is 9.99. The van der Waals surface area contributed by atoms with Crippen LogP contribution >= 0.6 is 11.6 Å². The van der Waals surface area contributed by atoms with Gasteiger partial charge in [-0.1, -0.05) is 41.9 Å². The van der Waals surface area contributed by atoms with Gasteiger partial charge in [0.1, 0.15) is 5.82 Å². The molecule has 1 atom stereocenters. The number of ether oxygens (including phenoxy) is 1. The molecule has 9 nitrogen and oxygen atoms in total. The van der Waals surface area contributed by atoms with Crippen molar-refractivity contribution in [3.63, 3.8) is 0 Å². The number of benzene rings is 2. The van der Waals surface area contributed by atoms with Crippen LogP contribution in [0.4, 0.5) is 11.5 Å². The largest absolute Gasteiger partial charge is 2.00 e. The van der Waals surface area contributed by atoms with Gasteiger partial charge in [-0.25, -0.2) is 21.1 Å². The van der Waals surface area contributed by atoms with Crippen LogP contribution in [-0.4, -0.2) is 51.1 Å². The first-order valence-corrected chi connectivity index (χ1v) is 16.2. The van der Waals surface area contributed by atoms with Gasteiger partial charge in [-0.2, -0.15) is 17.9 Å². The van der Waals surface area contributed by atoms with Crippen LogP contribution in [0.3, 0.4) is 0 Å². The summed E-state index contributed by atoms with van der Waals surface area (Å²) >= 11 is 7.21. The van der Waals surface area contributed by atoms with Crippen molar-refractivity contribution in [1.29, 1.82) is 0 Å². The summed E-state index contributed by atoms with van der Waals surface area (Å²) in [7, 11) is 3.31. The third kappa shape index (κ3) is 6.14. The van der Waals surface area contributed by atoms with Crippen molar-refractivity contribution in [2.75, 3.05) is 25.5 Å². The topological polar surface area (TPSA) is 102 Å². The van der Waals surface area contributed by atoms with Gasteiger partial charge in [-0.3, -0.25) is 11.1 Å². The molecule has 1 saturated heterocycles. The Morgan fingerprint density at radius 3 is 2.75 bits per heavy atom. The fourth-order valence-corrected chi connectivity index (χ4v) is 7.41. The second-order valence-electron chi connectivity index (χ2n) is 12.2. The van der Waals surface area contributed by atoms with E-state index in [0.29, 0.717) is 28.5 Å². The summed E-state index contributed by atoms with van der Waals surface area (Å²) < 4.78 is 7.22. The molecule has 4 heterocycles. The van der Waals surface area contributed by atoms with Gasteiger partial charge >= 0.3 is 17.1 Å². The van der Waals surface area contributed by atoms with Gasteiger partial charge in [0.2, 0.25) is 5.88 Å². The molecule has 0 amide bonds. The van der Waals surface area contributed by atoms with Crippen molar-refractivity contribution in [3.8, 4) is 28.3 Å². The van der Waals surface area contributed by atoms with Crippen LogP contribution in [0.25, 0.3) is 33.2 Å². The van der Waals surface area contributed by atoms with Crippen LogP contribution in [0, 0.1) is 12.8 Å². The fourth-order valence-electron chi connectivity index (χ4n) is 7.08. The van der Waals surface area contributed by atoms with E-state index in [-0.39, 0.29) is 28.7 Å². The minimum absolute atomic E-state index is 0. The number of fused-ring (bicyclic) bond motifs is 2. The van der Waals surface area contributed by atoms with Crippen LogP contribution < -0.4 is 15.6 Å². The Bertz CT molecular complexity index is 2070. The molecule has 0 unspecified atom stereocenters. The average Bonchev–Trinajstić information content (AvgIpc) is 3.73. The first-order valence-electron chi connectivity index (χ1n) is 15.8. The molecule has 1 aliphatic carbocycles. The van der Waals surface area contributed by atoms with Gasteiger partial charge < -0.3 is 25.7 Å². The third-order valence-corrected chi connectivity index (χ3v) is 9.94. The van der Waals surface area contributed by atoms with E-state index in [1.807, 2.05) is 49.6 Å². The van der Waals surface area contributed by atoms with Gasteiger partial charge in [-0.15, -0.1) is 6.54 Å². The standard InChI is InChI=1S/C37H35ClN6O3.Mn/c1-22-26(8-5-11-29(22)41-35-33-25(14-16-39-35)20-40-43(2)37(33)46)27-9-4-10-28(34(27)38)30-19-24-12-13-31(32(24)36(42-30)47-3)44-17-15-23(21-44)7-6-18-45;/h4-5,8-11,14,16,19-20,31H,6-7,12-13,15,17,21H2,1-3H3,(H,39,41);/q-2;+2/t31-;/m1./s1. The summed E-state index contributed by atoms with van der Waals surface area (Å²) in [6, 6.07) is 16.2. The number of aromatic nitrogens is 4. The van der Waals surface area contributed by atoms with Crippen molar-refractivity contribution in [1.82, 2.24) is 24.6 Å². The fraction of sp³-hybridized carbons (Fsp3) is 0.297. The normalized spacial score (nSPS) is 16.1. The molecular weight excluding hydrogens is 667 g/mol. The van der Waals surface area contributed by atoms with Gasteiger partial charge in [0.25, 0.3) is 5.56 Å². The second-order valence-corrected chi connectivity index (χ2v) is 12.6. The first-order chi connectivity index (χ1) is 22.9. The number of nitrogens with zero attached hydrogens (tertiary/aromatic N) is 5. The van der Waals surface area contributed by atoms with Crippen molar-refractivity contribution in [2.24, 2.45) is 7.05 Å². The van der Waals surface area contributed by atoms with Crippen LogP contribution in [0.15, 0.2) is 65.7 Å². The molecule has 0 bridgehead atoms. The number of carbonyl (C=O) groups excluding carboxylic acids is 1. The monoisotopic (exact) mass is 701 g/mol. The summed E-state index contributed by atoms with van der Waals surface area (Å²) in [6.45, 7) is 3.91. The van der Waals surface area contributed by atoms with Crippen molar-refractivity contribution < 1.29 is 26.6 Å². The molecule has 5 aromatic rings. The van der Waals surface area contributed by atoms with Crippen LogP contribution in [0.1, 0.15) is 48.4 Å². The Hall–Kier alpha value is -4.08. The van der Waals surface area contributed by atoms with Crippen molar-refractivity contribution in [2.45, 2.75) is 45.1 Å². The molecule has 3 aromatic heterocycles. The van der Waals surface area contributed by atoms with E-state index in [1.54, 1.807) is 32.6 Å². The van der Waals surface area contributed by atoms with Crippen LogP contribution in [0.2, 0.25) is 5.02 Å². The van der Waals surface area contributed by atoms with Crippen LogP contribution in [-0.2, 0) is 35.3 Å². The van der Waals surface area contributed by atoms with Gasteiger partial charge in [0.05, 0.1) is 29.4 Å². The SMILES string of the molecule is COc1nc(-c2cccc(-c3cccc(Nc4nccc5cnn(C)c(=O)c45)c3C)c2Cl)cc2c1[C@H](N1CC[C-](CC[C-]=O)C1)CC2.[Mn+2]. The minimum Gasteiger partial charge on any atom is -0.542 e. The number of anilines is 2. The molecular formula is C37H35ClMnN6O3. The number of aryl methyl sites for hydroxylation is 2. The number of nitrogens with one attached hydrogen (secondary N) is 1. The Labute approximate surface area is 295 Å². The summed E-state index contributed by atoms with van der Waals surface area (Å²) in [5.41, 5.74) is 7.40. The molecule has 11 heteroatoms. The van der Waals surface area contributed by atoms with Crippen molar-refractivity contribution in [3.05, 3.63) is 98.9 Å². The Balaban J connectivity index is 0.00000401. The number of rotatable bonds is 9. The maximum atomic E-state index is 13.0. The summed E-state index contributed by atoms with van der Waals surface area (Å²) in [4.78, 5) is 35.7. The van der Waals surface area contributed by atoms with Gasteiger partial charge in [0, 0.05) is 47.1 Å². The van der Waals surface area contributed by atoms with E-state index >= 15 is 0 Å². The molecule has 245 valence electrons. The van der Waals surface area contributed by atoms with E-state index < -0.39 is 0 Å². The zero-order chi connectivity index (χ0) is 32.7. The molecule has 0 spiro atoms. The summed E-state index contributed by atoms with van der Waals surface area (Å²) in [6.07, 6.45) is 9.61. The Morgan fingerprint density at radius 2 is 1.94 bits per heavy atom. The number of hydrogen-bond acceptors (Lipinski definition) is 8. The molecule has 1 radical (unpaired) electrons.